The summed E-state index contributed by atoms with van der Waals surface area (Å²) in [5.41, 5.74) is 2.47. The van der Waals surface area contributed by atoms with E-state index in [1.807, 2.05) is 12.1 Å². The van der Waals surface area contributed by atoms with Gasteiger partial charge >= 0.3 is 5.97 Å². The molecule has 0 atom stereocenters. The van der Waals surface area contributed by atoms with Crippen molar-refractivity contribution < 1.29 is 9.90 Å². The molecule has 1 aliphatic carbocycles. The van der Waals surface area contributed by atoms with Crippen LogP contribution >= 0.6 is 0 Å². The van der Waals surface area contributed by atoms with Gasteiger partial charge in [0, 0.05) is 18.3 Å². The monoisotopic (exact) mass is 255 g/mol. The second-order valence-electron chi connectivity index (χ2n) is 4.80. The second kappa shape index (κ2) is 4.39. The third-order valence-corrected chi connectivity index (χ3v) is 3.61. The molecule has 0 saturated heterocycles. The van der Waals surface area contributed by atoms with Crippen molar-refractivity contribution >= 4 is 5.97 Å². The van der Waals surface area contributed by atoms with E-state index in [2.05, 4.69) is 12.1 Å². The van der Waals surface area contributed by atoms with E-state index in [9.17, 15) is 9.59 Å². The summed E-state index contributed by atoms with van der Waals surface area (Å²) in [7, 11) is 0. The minimum Gasteiger partial charge on any atom is -0.478 e. The van der Waals surface area contributed by atoms with Crippen molar-refractivity contribution in [1.29, 1.82) is 0 Å². The topological polar surface area (TPSA) is 59.3 Å². The van der Waals surface area contributed by atoms with Crippen LogP contribution in [0.4, 0.5) is 0 Å². The third-order valence-electron chi connectivity index (χ3n) is 3.61. The molecule has 1 aromatic heterocycles. The summed E-state index contributed by atoms with van der Waals surface area (Å²) in [4.78, 5) is 22.9. The van der Waals surface area contributed by atoms with Crippen LogP contribution in [0.25, 0.3) is 0 Å². The van der Waals surface area contributed by atoms with Crippen molar-refractivity contribution in [2.45, 2.75) is 18.9 Å². The molecule has 0 unspecified atom stereocenters. The highest BCUT2D eigenvalue weighted by molar-refractivity contribution is 5.87. The third kappa shape index (κ3) is 2.05. The molecular weight excluding hydrogens is 242 g/mol. The molecule has 0 bridgehead atoms. The summed E-state index contributed by atoms with van der Waals surface area (Å²) in [6.45, 7) is 0. The van der Waals surface area contributed by atoms with E-state index in [0.717, 1.165) is 12.8 Å². The highest BCUT2D eigenvalue weighted by Crippen LogP contribution is 2.29. The van der Waals surface area contributed by atoms with Gasteiger partial charge in [-0.2, -0.15) is 0 Å². The maximum absolute atomic E-state index is 11.9. The van der Waals surface area contributed by atoms with Crippen LogP contribution in [0.1, 0.15) is 27.5 Å². The maximum atomic E-state index is 11.9. The lowest BCUT2D eigenvalue weighted by atomic mass is 10.1. The molecule has 4 nitrogen and oxygen atoms in total. The summed E-state index contributed by atoms with van der Waals surface area (Å²) >= 11 is 0. The normalized spacial score (nSPS) is 14.3. The average Bonchev–Trinajstić information content (AvgIpc) is 2.82. The van der Waals surface area contributed by atoms with E-state index in [1.165, 1.54) is 29.5 Å². The number of fused-ring (bicyclic) bond motifs is 1. The van der Waals surface area contributed by atoms with E-state index in [1.54, 1.807) is 4.57 Å². The van der Waals surface area contributed by atoms with Crippen LogP contribution in [0.15, 0.2) is 47.4 Å². The van der Waals surface area contributed by atoms with Crippen molar-refractivity contribution in [3.05, 3.63) is 69.6 Å². The molecule has 3 rings (SSSR count). The summed E-state index contributed by atoms with van der Waals surface area (Å²) in [6.07, 6.45) is 3.00. The van der Waals surface area contributed by atoms with Gasteiger partial charge in [0.15, 0.2) is 0 Å². The number of aromatic nitrogens is 1. The Kier molecular flexibility index (Phi) is 2.71. The number of nitrogens with zero attached hydrogens (tertiary/aromatic N) is 1. The molecule has 0 spiro atoms. The molecule has 0 fully saturated rings. The van der Waals surface area contributed by atoms with Gasteiger partial charge < -0.3 is 9.67 Å². The van der Waals surface area contributed by atoms with Gasteiger partial charge in [-0.1, -0.05) is 24.3 Å². The van der Waals surface area contributed by atoms with Gasteiger partial charge in [-0.25, -0.2) is 4.79 Å². The predicted octanol–water partition coefficient (Wildman–Crippen LogP) is 1.89. The number of benzene rings is 1. The smallest absolute Gasteiger partial charge is 0.337 e. The first-order valence-electron chi connectivity index (χ1n) is 6.17. The van der Waals surface area contributed by atoms with Gasteiger partial charge in [0.2, 0.25) is 0 Å². The number of carboxylic acid groups (broad SMARTS) is 1. The fourth-order valence-electron chi connectivity index (χ4n) is 2.65. The molecule has 1 N–H and O–H groups in total. The van der Waals surface area contributed by atoms with Crippen molar-refractivity contribution in [3.63, 3.8) is 0 Å². The number of hydrogen-bond donors (Lipinski definition) is 1. The summed E-state index contributed by atoms with van der Waals surface area (Å²) < 4.78 is 1.55. The van der Waals surface area contributed by atoms with Crippen molar-refractivity contribution in [2.75, 3.05) is 0 Å². The Bertz CT molecular complexity index is 678. The van der Waals surface area contributed by atoms with E-state index in [-0.39, 0.29) is 17.2 Å². The Morgan fingerprint density at radius 1 is 1.11 bits per heavy atom. The van der Waals surface area contributed by atoms with Gasteiger partial charge in [-0.3, -0.25) is 4.79 Å². The van der Waals surface area contributed by atoms with Gasteiger partial charge in [0.1, 0.15) is 0 Å². The van der Waals surface area contributed by atoms with Gasteiger partial charge in [-0.05, 0) is 30.0 Å². The largest absolute Gasteiger partial charge is 0.478 e. The highest BCUT2D eigenvalue weighted by atomic mass is 16.4. The van der Waals surface area contributed by atoms with E-state index < -0.39 is 5.97 Å². The molecular formula is C15H13NO3. The first-order valence-corrected chi connectivity index (χ1v) is 6.17. The number of pyridine rings is 1. The maximum Gasteiger partial charge on any atom is 0.337 e. The standard InChI is InChI=1S/C15H13NO3/c17-14-6-5-12(15(18)19)9-16(14)13-7-10-3-1-2-4-11(10)8-13/h1-6,9,13H,7-8H2,(H,18,19). The Morgan fingerprint density at radius 3 is 2.32 bits per heavy atom. The lowest BCUT2D eigenvalue weighted by Crippen LogP contribution is -2.25. The van der Waals surface area contributed by atoms with Gasteiger partial charge in [-0.15, -0.1) is 0 Å². The van der Waals surface area contributed by atoms with Crippen LogP contribution in [0.2, 0.25) is 0 Å². The number of carboxylic acids is 1. The Labute approximate surface area is 109 Å². The van der Waals surface area contributed by atoms with Gasteiger partial charge in [0.05, 0.1) is 5.56 Å². The second-order valence-corrected chi connectivity index (χ2v) is 4.80. The quantitative estimate of drug-likeness (QED) is 0.891. The highest BCUT2D eigenvalue weighted by Gasteiger charge is 2.23. The van der Waals surface area contributed by atoms with Gasteiger partial charge in [0.25, 0.3) is 5.56 Å². The first kappa shape index (κ1) is 11.7. The summed E-state index contributed by atoms with van der Waals surface area (Å²) in [5, 5.41) is 9.00. The van der Waals surface area contributed by atoms with E-state index >= 15 is 0 Å². The molecule has 2 aromatic rings. The molecule has 1 aliphatic rings. The number of hydrogen-bond acceptors (Lipinski definition) is 2. The zero-order chi connectivity index (χ0) is 13.4. The van der Waals surface area contributed by atoms with Crippen LogP contribution in [-0.2, 0) is 12.8 Å². The van der Waals surface area contributed by atoms with Crippen LogP contribution < -0.4 is 5.56 Å². The SMILES string of the molecule is O=C(O)c1ccc(=O)n(C2Cc3ccccc3C2)c1. The molecule has 1 heterocycles. The minimum atomic E-state index is -1.01. The van der Waals surface area contributed by atoms with Crippen LogP contribution in [0.3, 0.4) is 0 Å². The van der Waals surface area contributed by atoms with E-state index in [4.69, 9.17) is 5.11 Å². The molecule has 0 aliphatic heterocycles. The fraction of sp³-hybridized carbons (Fsp3) is 0.200. The summed E-state index contributed by atoms with van der Waals surface area (Å²) in [5.74, 6) is -1.01. The first-order chi connectivity index (χ1) is 9.15. The van der Waals surface area contributed by atoms with Crippen molar-refractivity contribution in [1.82, 2.24) is 4.57 Å². The molecule has 19 heavy (non-hydrogen) atoms. The lowest BCUT2D eigenvalue weighted by Gasteiger charge is -2.13. The number of rotatable bonds is 2. The average molecular weight is 255 g/mol. The fourth-order valence-corrected chi connectivity index (χ4v) is 2.65. The lowest BCUT2D eigenvalue weighted by molar-refractivity contribution is 0.0695. The number of carbonyl (C=O) groups is 1. The Hall–Kier alpha value is -2.36. The molecule has 4 heteroatoms. The minimum absolute atomic E-state index is 0.0178. The zero-order valence-corrected chi connectivity index (χ0v) is 10.2. The molecule has 0 amide bonds. The Balaban J connectivity index is 1.99. The number of aromatic carboxylic acids is 1. The molecule has 1 aromatic carbocycles. The van der Waals surface area contributed by atoms with Crippen molar-refractivity contribution in [3.8, 4) is 0 Å². The summed E-state index contributed by atoms with van der Waals surface area (Å²) in [6, 6.07) is 10.8. The van der Waals surface area contributed by atoms with Crippen molar-refractivity contribution in [2.24, 2.45) is 0 Å². The Morgan fingerprint density at radius 2 is 1.74 bits per heavy atom. The van der Waals surface area contributed by atoms with Crippen LogP contribution in [-0.4, -0.2) is 15.6 Å². The molecule has 0 radical (unpaired) electrons. The van der Waals surface area contributed by atoms with E-state index in [0.29, 0.717) is 0 Å². The van der Waals surface area contributed by atoms with Crippen LogP contribution in [0, 0.1) is 0 Å². The molecule has 96 valence electrons. The predicted molar refractivity (Wildman–Crippen MR) is 70.5 cm³/mol. The zero-order valence-electron chi connectivity index (χ0n) is 10.2. The molecule has 0 saturated carbocycles. The van der Waals surface area contributed by atoms with Crippen LogP contribution in [0.5, 0.6) is 0 Å².